The van der Waals surface area contributed by atoms with E-state index in [0.29, 0.717) is 24.8 Å². The predicted molar refractivity (Wildman–Crippen MR) is 93.3 cm³/mol. The number of carbonyl (C=O) groups excluding carboxylic acids is 2. The number of rotatable bonds is 7. The SMILES string of the molecule is O=C(CSC1CCOC1=O)Nc1nc(COc2ccccc2)cs1. The molecule has 8 heteroatoms. The van der Waals surface area contributed by atoms with Gasteiger partial charge in [0, 0.05) is 11.8 Å². The van der Waals surface area contributed by atoms with Gasteiger partial charge in [-0.15, -0.1) is 23.1 Å². The fourth-order valence-electron chi connectivity index (χ4n) is 2.07. The summed E-state index contributed by atoms with van der Waals surface area (Å²) >= 11 is 2.65. The molecular formula is C16H16N2O4S2. The van der Waals surface area contributed by atoms with Crippen LogP contribution in [-0.4, -0.2) is 34.5 Å². The molecule has 1 aromatic carbocycles. The molecule has 2 aromatic rings. The van der Waals surface area contributed by atoms with Crippen molar-refractivity contribution < 1.29 is 19.1 Å². The molecule has 1 aliphatic heterocycles. The number of ether oxygens (including phenoxy) is 2. The number of esters is 1. The molecule has 1 amide bonds. The molecule has 1 aliphatic rings. The summed E-state index contributed by atoms with van der Waals surface area (Å²) in [4.78, 5) is 27.6. The molecule has 0 spiro atoms. The Morgan fingerprint density at radius 3 is 3.00 bits per heavy atom. The fourth-order valence-corrected chi connectivity index (χ4v) is 3.67. The van der Waals surface area contributed by atoms with Crippen LogP contribution in [0.1, 0.15) is 12.1 Å². The summed E-state index contributed by atoms with van der Waals surface area (Å²) in [6.45, 7) is 0.786. The second-order valence-corrected chi connectivity index (χ2v) is 7.10. The number of thiazole rings is 1. The number of benzene rings is 1. The van der Waals surface area contributed by atoms with Gasteiger partial charge in [0.1, 0.15) is 17.6 Å². The van der Waals surface area contributed by atoms with E-state index in [4.69, 9.17) is 9.47 Å². The van der Waals surface area contributed by atoms with Crippen molar-refractivity contribution >= 4 is 40.1 Å². The molecule has 1 saturated heterocycles. The number of aromatic nitrogens is 1. The van der Waals surface area contributed by atoms with Crippen LogP contribution in [-0.2, 0) is 20.9 Å². The van der Waals surface area contributed by atoms with Crippen LogP contribution in [0.2, 0.25) is 0 Å². The van der Waals surface area contributed by atoms with Crippen molar-refractivity contribution in [3.8, 4) is 5.75 Å². The second kappa shape index (κ2) is 8.16. The highest BCUT2D eigenvalue weighted by Gasteiger charge is 2.27. The third kappa shape index (κ3) is 4.72. The van der Waals surface area contributed by atoms with E-state index >= 15 is 0 Å². The molecule has 0 radical (unpaired) electrons. The fraction of sp³-hybridized carbons (Fsp3) is 0.312. The molecule has 1 atom stereocenters. The number of hydrogen-bond acceptors (Lipinski definition) is 7. The van der Waals surface area contributed by atoms with Crippen LogP contribution in [0.5, 0.6) is 5.75 Å². The smallest absolute Gasteiger partial charge is 0.319 e. The zero-order valence-corrected chi connectivity index (χ0v) is 14.4. The Labute approximate surface area is 147 Å². The van der Waals surface area contributed by atoms with E-state index in [0.717, 1.165) is 11.4 Å². The normalized spacial score (nSPS) is 16.7. The Balaban J connectivity index is 1.43. The van der Waals surface area contributed by atoms with E-state index in [1.165, 1.54) is 23.1 Å². The van der Waals surface area contributed by atoms with Crippen LogP contribution in [0.3, 0.4) is 0 Å². The number of nitrogens with zero attached hydrogens (tertiary/aromatic N) is 1. The van der Waals surface area contributed by atoms with E-state index in [-0.39, 0.29) is 22.9 Å². The summed E-state index contributed by atoms with van der Waals surface area (Å²) in [7, 11) is 0. The highest BCUT2D eigenvalue weighted by atomic mass is 32.2. The molecule has 0 aliphatic carbocycles. The van der Waals surface area contributed by atoms with Gasteiger partial charge in [-0.25, -0.2) is 4.98 Å². The third-order valence-electron chi connectivity index (χ3n) is 3.23. The lowest BCUT2D eigenvalue weighted by molar-refractivity contribution is -0.137. The maximum Gasteiger partial charge on any atom is 0.319 e. The Morgan fingerprint density at radius 1 is 1.42 bits per heavy atom. The lowest BCUT2D eigenvalue weighted by Crippen LogP contribution is -2.18. The minimum Gasteiger partial charge on any atom is -0.487 e. The summed E-state index contributed by atoms with van der Waals surface area (Å²) < 4.78 is 10.5. The van der Waals surface area contributed by atoms with Crippen LogP contribution >= 0.6 is 23.1 Å². The largest absolute Gasteiger partial charge is 0.487 e. The number of nitrogens with one attached hydrogen (secondary N) is 1. The predicted octanol–water partition coefficient (Wildman–Crippen LogP) is 2.71. The first kappa shape index (κ1) is 16.8. The summed E-state index contributed by atoms with van der Waals surface area (Å²) in [6.07, 6.45) is 0.662. The van der Waals surface area contributed by atoms with Gasteiger partial charge in [0.15, 0.2) is 5.13 Å². The summed E-state index contributed by atoms with van der Waals surface area (Å²) in [5, 5.41) is 4.88. The van der Waals surface area contributed by atoms with Crippen molar-refractivity contribution in [2.45, 2.75) is 18.3 Å². The minimum atomic E-state index is -0.234. The van der Waals surface area contributed by atoms with Crippen LogP contribution < -0.4 is 10.1 Å². The maximum absolute atomic E-state index is 11.9. The van der Waals surface area contributed by atoms with Crippen molar-refractivity contribution in [3.63, 3.8) is 0 Å². The number of anilines is 1. The van der Waals surface area contributed by atoms with E-state index in [1.54, 1.807) is 0 Å². The van der Waals surface area contributed by atoms with Gasteiger partial charge in [0.05, 0.1) is 18.1 Å². The second-order valence-electron chi connectivity index (χ2n) is 5.05. The molecule has 6 nitrogen and oxygen atoms in total. The van der Waals surface area contributed by atoms with Gasteiger partial charge in [0.25, 0.3) is 0 Å². The molecule has 24 heavy (non-hydrogen) atoms. The van der Waals surface area contributed by atoms with E-state index in [9.17, 15) is 9.59 Å². The average Bonchev–Trinajstić information content (AvgIpc) is 3.21. The van der Waals surface area contributed by atoms with E-state index in [2.05, 4.69) is 10.3 Å². The molecule has 1 unspecified atom stereocenters. The maximum atomic E-state index is 11.9. The van der Waals surface area contributed by atoms with Crippen LogP contribution in [0, 0.1) is 0 Å². The lowest BCUT2D eigenvalue weighted by Gasteiger charge is -2.05. The van der Waals surface area contributed by atoms with Crippen LogP contribution in [0.4, 0.5) is 5.13 Å². The van der Waals surface area contributed by atoms with Crippen molar-refractivity contribution in [3.05, 3.63) is 41.4 Å². The van der Waals surface area contributed by atoms with Crippen molar-refractivity contribution in [2.24, 2.45) is 0 Å². The number of amides is 1. The third-order valence-corrected chi connectivity index (χ3v) is 5.30. The van der Waals surface area contributed by atoms with Crippen LogP contribution in [0.15, 0.2) is 35.7 Å². The lowest BCUT2D eigenvalue weighted by atomic mass is 10.3. The van der Waals surface area contributed by atoms with Crippen molar-refractivity contribution in [2.75, 3.05) is 17.7 Å². The summed E-state index contributed by atoms with van der Waals surface area (Å²) in [5.74, 6) is 0.567. The first-order chi connectivity index (χ1) is 11.7. The standard InChI is InChI=1S/C16H16N2O4S2/c19-14(10-23-13-6-7-21-15(13)20)18-16-17-11(9-24-16)8-22-12-4-2-1-3-5-12/h1-5,9,13H,6-8,10H2,(H,17,18,19). The Bertz CT molecular complexity index is 705. The molecular weight excluding hydrogens is 348 g/mol. The molecule has 3 rings (SSSR count). The highest BCUT2D eigenvalue weighted by molar-refractivity contribution is 8.01. The molecule has 0 saturated carbocycles. The van der Waals surface area contributed by atoms with E-state index < -0.39 is 0 Å². The van der Waals surface area contributed by atoms with Crippen LogP contribution in [0.25, 0.3) is 0 Å². The molecule has 1 aromatic heterocycles. The number of para-hydroxylation sites is 1. The molecule has 0 bridgehead atoms. The van der Waals surface area contributed by atoms with Gasteiger partial charge < -0.3 is 14.8 Å². The quantitative estimate of drug-likeness (QED) is 0.761. The number of hydrogen-bond donors (Lipinski definition) is 1. The van der Waals surface area contributed by atoms with Gasteiger partial charge in [-0.3, -0.25) is 9.59 Å². The summed E-state index contributed by atoms with van der Waals surface area (Å²) in [5.41, 5.74) is 0.756. The zero-order valence-electron chi connectivity index (χ0n) is 12.8. The topological polar surface area (TPSA) is 77.5 Å². The minimum absolute atomic E-state index is 0.176. The average molecular weight is 364 g/mol. The molecule has 1 N–H and O–H groups in total. The zero-order chi connectivity index (χ0) is 16.8. The Hall–Kier alpha value is -2.06. The van der Waals surface area contributed by atoms with Gasteiger partial charge >= 0.3 is 5.97 Å². The van der Waals surface area contributed by atoms with Gasteiger partial charge in [-0.2, -0.15) is 0 Å². The van der Waals surface area contributed by atoms with Gasteiger partial charge in [-0.05, 0) is 12.1 Å². The number of carbonyl (C=O) groups is 2. The first-order valence-corrected chi connectivity index (χ1v) is 9.34. The van der Waals surface area contributed by atoms with Gasteiger partial charge in [0.2, 0.25) is 5.91 Å². The number of thioether (sulfide) groups is 1. The first-order valence-electron chi connectivity index (χ1n) is 7.41. The highest BCUT2D eigenvalue weighted by Crippen LogP contribution is 2.22. The number of cyclic esters (lactones) is 1. The Morgan fingerprint density at radius 2 is 2.25 bits per heavy atom. The van der Waals surface area contributed by atoms with Crippen molar-refractivity contribution in [1.29, 1.82) is 0 Å². The van der Waals surface area contributed by atoms with Crippen molar-refractivity contribution in [1.82, 2.24) is 4.98 Å². The molecule has 126 valence electrons. The van der Waals surface area contributed by atoms with E-state index in [1.807, 2.05) is 35.7 Å². The Kier molecular flexibility index (Phi) is 5.71. The monoisotopic (exact) mass is 364 g/mol. The summed E-state index contributed by atoms with van der Waals surface area (Å²) in [6, 6.07) is 9.48. The molecule has 2 heterocycles. The molecule has 1 fully saturated rings. The van der Waals surface area contributed by atoms with Gasteiger partial charge in [-0.1, -0.05) is 18.2 Å².